The molecule has 2 saturated heterocycles. The highest BCUT2D eigenvalue weighted by Crippen LogP contribution is 2.35. The van der Waals surface area contributed by atoms with Crippen LogP contribution < -0.4 is 4.90 Å². The lowest BCUT2D eigenvalue weighted by Gasteiger charge is -2.36. The number of fused-ring (bicyclic) bond motifs is 3. The Morgan fingerprint density at radius 1 is 1.27 bits per heavy atom. The topological polar surface area (TPSA) is 42.7 Å². The summed E-state index contributed by atoms with van der Waals surface area (Å²) in [4.78, 5) is 6.88. The molecule has 2 bridgehead atoms. The quantitative estimate of drug-likeness (QED) is 0.812. The van der Waals surface area contributed by atoms with Crippen molar-refractivity contribution in [2.45, 2.75) is 51.1 Å². The molecule has 0 spiro atoms. The predicted octanol–water partition coefficient (Wildman–Crippen LogP) is 3.09. The second kappa shape index (κ2) is 5.70. The zero-order valence-electron chi connectivity index (χ0n) is 12.8. The van der Waals surface area contributed by atoms with Crippen molar-refractivity contribution in [1.82, 2.24) is 14.6 Å². The zero-order valence-corrected chi connectivity index (χ0v) is 13.6. The van der Waals surface area contributed by atoms with Crippen LogP contribution >= 0.6 is 11.6 Å². The Morgan fingerprint density at radius 3 is 2.77 bits per heavy atom. The molecular formula is C16H21ClN4O. The van der Waals surface area contributed by atoms with Crippen LogP contribution in [-0.2, 0) is 11.2 Å². The number of anilines is 1. The van der Waals surface area contributed by atoms with E-state index in [1.165, 1.54) is 19.3 Å². The smallest absolute Gasteiger partial charge is 0.159 e. The lowest BCUT2D eigenvalue weighted by molar-refractivity contribution is 0.0900. The molecular weight excluding hydrogens is 300 g/mol. The number of aromatic nitrogens is 3. The van der Waals surface area contributed by atoms with E-state index < -0.39 is 0 Å². The lowest BCUT2D eigenvalue weighted by Crippen LogP contribution is -2.46. The van der Waals surface area contributed by atoms with Crippen molar-refractivity contribution in [3.05, 3.63) is 23.0 Å². The number of hydrogen-bond donors (Lipinski definition) is 0. The van der Waals surface area contributed by atoms with Crippen LogP contribution in [0.25, 0.3) is 5.65 Å². The molecule has 22 heavy (non-hydrogen) atoms. The summed E-state index contributed by atoms with van der Waals surface area (Å²) < 4.78 is 7.65. The van der Waals surface area contributed by atoms with Gasteiger partial charge in [0.2, 0.25) is 0 Å². The standard InChI is InChI=1S/C16H21ClN4O/c1-2-3-4-11-7-15-18-14(17)8-16(21(15)19-11)20-12-5-6-13(20)10-22-9-12/h7-8,12-13H,2-6,9-10H2,1H3. The first-order chi connectivity index (χ1) is 10.8. The number of rotatable bonds is 4. The lowest BCUT2D eigenvalue weighted by atomic mass is 10.2. The van der Waals surface area contributed by atoms with E-state index >= 15 is 0 Å². The van der Waals surface area contributed by atoms with Gasteiger partial charge in [0.05, 0.1) is 31.0 Å². The van der Waals surface area contributed by atoms with Gasteiger partial charge in [-0.25, -0.2) is 4.98 Å². The van der Waals surface area contributed by atoms with Gasteiger partial charge < -0.3 is 9.64 Å². The van der Waals surface area contributed by atoms with E-state index in [0.717, 1.165) is 43.2 Å². The van der Waals surface area contributed by atoms with E-state index in [-0.39, 0.29) is 0 Å². The van der Waals surface area contributed by atoms with Gasteiger partial charge in [0.15, 0.2) is 5.65 Å². The Balaban J connectivity index is 1.77. The van der Waals surface area contributed by atoms with Gasteiger partial charge in [-0.2, -0.15) is 9.61 Å². The summed E-state index contributed by atoms with van der Waals surface area (Å²) in [5, 5.41) is 5.31. The van der Waals surface area contributed by atoms with E-state index in [4.69, 9.17) is 21.4 Å². The van der Waals surface area contributed by atoms with E-state index in [0.29, 0.717) is 17.2 Å². The molecule has 2 atom stereocenters. The first-order valence-corrected chi connectivity index (χ1v) is 8.55. The zero-order chi connectivity index (χ0) is 15.1. The van der Waals surface area contributed by atoms with Crippen LogP contribution in [-0.4, -0.2) is 39.9 Å². The van der Waals surface area contributed by atoms with Crippen LogP contribution in [0.15, 0.2) is 12.1 Å². The van der Waals surface area contributed by atoms with Crippen molar-refractivity contribution in [3.8, 4) is 0 Å². The van der Waals surface area contributed by atoms with Gasteiger partial charge in [-0.1, -0.05) is 24.9 Å². The molecule has 4 rings (SSSR count). The largest absolute Gasteiger partial charge is 0.377 e. The molecule has 2 aliphatic rings. The Kier molecular flexibility index (Phi) is 3.70. The maximum absolute atomic E-state index is 6.26. The molecule has 6 heteroatoms. The third kappa shape index (κ3) is 2.36. The summed E-state index contributed by atoms with van der Waals surface area (Å²) in [5.41, 5.74) is 1.94. The fraction of sp³-hybridized carbons (Fsp3) is 0.625. The van der Waals surface area contributed by atoms with Crippen LogP contribution in [0.5, 0.6) is 0 Å². The molecule has 2 aromatic rings. The molecule has 2 fully saturated rings. The third-order valence-corrected chi connectivity index (χ3v) is 4.91. The highest BCUT2D eigenvalue weighted by atomic mass is 35.5. The van der Waals surface area contributed by atoms with Crippen molar-refractivity contribution < 1.29 is 4.74 Å². The van der Waals surface area contributed by atoms with Crippen molar-refractivity contribution in [2.24, 2.45) is 0 Å². The number of nitrogens with zero attached hydrogens (tertiary/aromatic N) is 4. The molecule has 0 aliphatic carbocycles. The van der Waals surface area contributed by atoms with Crippen molar-refractivity contribution in [1.29, 1.82) is 0 Å². The third-order valence-electron chi connectivity index (χ3n) is 4.72. The van der Waals surface area contributed by atoms with Gasteiger partial charge in [-0.15, -0.1) is 0 Å². The molecule has 0 saturated carbocycles. The summed E-state index contributed by atoms with van der Waals surface area (Å²) in [6.45, 7) is 3.78. The molecule has 2 aliphatic heterocycles. The van der Waals surface area contributed by atoms with Crippen molar-refractivity contribution in [2.75, 3.05) is 18.1 Å². The molecule has 2 unspecified atom stereocenters. The number of morpholine rings is 1. The van der Waals surface area contributed by atoms with E-state index in [9.17, 15) is 0 Å². The SMILES string of the molecule is CCCCc1cc2nc(Cl)cc(N3C4CCC3COC4)n2n1. The fourth-order valence-electron chi connectivity index (χ4n) is 3.64. The number of aryl methyl sites for hydroxylation is 1. The van der Waals surface area contributed by atoms with Crippen molar-refractivity contribution in [3.63, 3.8) is 0 Å². The van der Waals surface area contributed by atoms with Gasteiger partial charge in [0, 0.05) is 12.1 Å². The van der Waals surface area contributed by atoms with Gasteiger partial charge >= 0.3 is 0 Å². The van der Waals surface area contributed by atoms with Crippen LogP contribution in [0.1, 0.15) is 38.3 Å². The Hall–Kier alpha value is -1.33. The van der Waals surface area contributed by atoms with E-state index in [1.807, 2.05) is 10.6 Å². The second-order valence-corrected chi connectivity index (χ2v) is 6.66. The van der Waals surface area contributed by atoms with Gasteiger partial charge in [0.1, 0.15) is 11.0 Å². The first-order valence-electron chi connectivity index (χ1n) is 8.17. The van der Waals surface area contributed by atoms with Gasteiger partial charge in [-0.3, -0.25) is 0 Å². The van der Waals surface area contributed by atoms with Crippen LogP contribution in [0.4, 0.5) is 5.82 Å². The average molecular weight is 321 g/mol. The van der Waals surface area contributed by atoms with Gasteiger partial charge in [-0.05, 0) is 25.7 Å². The molecule has 5 nitrogen and oxygen atoms in total. The number of unbranched alkanes of at least 4 members (excludes halogenated alkanes) is 1. The predicted molar refractivity (Wildman–Crippen MR) is 86.7 cm³/mol. The number of hydrogen-bond acceptors (Lipinski definition) is 4. The number of ether oxygens (including phenoxy) is 1. The Morgan fingerprint density at radius 2 is 2.05 bits per heavy atom. The average Bonchev–Trinajstić information content (AvgIpc) is 3.02. The molecule has 4 heterocycles. The highest BCUT2D eigenvalue weighted by molar-refractivity contribution is 6.29. The van der Waals surface area contributed by atoms with Crippen molar-refractivity contribution >= 4 is 23.1 Å². The van der Waals surface area contributed by atoms with Crippen LogP contribution in [0.3, 0.4) is 0 Å². The molecule has 0 radical (unpaired) electrons. The molecule has 2 aromatic heterocycles. The van der Waals surface area contributed by atoms with E-state index in [2.05, 4.69) is 22.9 Å². The van der Waals surface area contributed by atoms with E-state index in [1.54, 1.807) is 0 Å². The Labute approximate surface area is 135 Å². The molecule has 0 aromatic carbocycles. The maximum atomic E-state index is 6.26. The summed E-state index contributed by atoms with van der Waals surface area (Å²) in [6.07, 6.45) is 5.66. The summed E-state index contributed by atoms with van der Waals surface area (Å²) >= 11 is 6.26. The maximum Gasteiger partial charge on any atom is 0.159 e. The van der Waals surface area contributed by atoms with Crippen LogP contribution in [0, 0.1) is 0 Å². The second-order valence-electron chi connectivity index (χ2n) is 6.28. The minimum Gasteiger partial charge on any atom is -0.377 e. The molecule has 0 N–H and O–H groups in total. The monoisotopic (exact) mass is 320 g/mol. The normalized spacial score (nSPS) is 24.4. The number of halogens is 1. The molecule has 0 amide bonds. The summed E-state index contributed by atoms with van der Waals surface area (Å²) in [7, 11) is 0. The first kappa shape index (κ1) is 14.3. The van der Waals surface area contributed by atoms with Gasteiger partial charge in [0.25, 0.3) is 0 Å². The minimum atomic E-state index is 0.434. The summed E-state index contributed by atoms with van der Waals surface area (Å²) in [5.74, 6) is 1.06. The summed E-state index contributed by atoms with van der Waals surface area (Å²) in [6, 6.07) is 4.88. The minimum absolute atomic E-state index is 0.434. The molecule has 118 valence electrons. The fourth-order valence-corrected chi connectivity index (χ4v) is 3.83. The van der Waals surface area contributed by atoms with Crippen LogP contribution in [0.2, 0.25) is 5.15 Å². The Bertz CT molecular complexity index is 670. The highest BCUT2D eigenvalue weighted by Gasteiger charge is 2.38.